The third-order valence-corrected chi connectivity index (χ3v) is 2.87. The zero-order chi connectivity index (χ0) is 14.3. The summed E-state index contributed by atoms with van der Waals surface area (Å²) < 4.78 is 28.6. The standard InChI is InChI=1S/C12H5ClF2N4O/c13-11(20)10-7(14)4-6(5-8(10)15)19-12-9(17-18-19)2-1-3-16-12/h1-5H. The van der Waals surface area contributed by atoms with Gasteiger partial charge in [0.25, 0.3) is 5.24 Å². The van der Waals surface area contributed by atoms with E-state index in [0.717, 1.165) is 12.1 Å². The van der Waals surface area contributed by atoms with Crippen LogP contribution >= 0.6 is 11.6 Å². The summed E-state index contributed by atoms with van der Waals surface area (Å²) in [6.45, 7) is 0. The van der Waals surface area contributed by atoms with E-state index in [0.29, 0.717) is 11.2 Å². The third-order valence-electron chi connectivity index (χ3n) is 2.68. The van der Waals surface area contributed by atoms with E-state index in [2.05, 4.69) is 15.3 Å². The van der Waals surface area contributed by atoms with Gasteiger partial charge in [-0.1, -0.05) is 5.21 Å². The second-order valence-electron chi connectivity index (χ2n) is 3.91. The van der Waals surface area contributed by atoms with E-state index in [4.69, 9.17) is 11.6 Å². The number of aromatic nitrogens is 4. The monoisotopic (exact) mass is 294 g/mol. The van der Waals surface area contributed by atoms with Gasteiger partial charge in [0.15, 0.2) is 5.65 Å². The van der Waals surface area contributed by atoms with Crippen molar-refractivity contribution in [2.24, 2.45) is 0 Å². The molecule has 0 bridgehead atoms. The van der Waals surface area contributed by atoms with Gasteiger partial charge in [-0.3, -0.25) is 4.79 Å². The summed E-state index contributed by atoms with van der Waals surface area (Å²) in [7, 11) is 0. The normalized spacial score (nSPS) is 10.9. The first-order valence-corrected chi connectivity index (χ1v) is 5.81. The fraction of sp³-hybridized carbons (Fsp3) is 0. The number of pyridine rings is 1. The smallest absolute Gasteiger partial charge is 0.258 e. The molecule has 3 rings (SSSR count). The molecule has 0 aliphatic rings. The van der Waals surface area contributed by atoms with Gasteiger partial charge in [-0.15, -0.1) is 5.10 Å². The predicted molar refractivity (Wildman–Crippen MR) is 66.8 cm³/mol. The lowest BCUT2D eigenvalue weighted by Gasteiger charge is -2.05. The molecule has 5 nitrogen and oxygen atoms in total. The van der Waals surface area contributed by atoms with Gasteiger partial charge >= 0.3 is 0 Å². The van der Waals surface area contributed by atoms with Gasteiger partial charge in [0.05, 0.1) is 5.69 Å². The lowest BCUT2D eigenvalue weighted by molar-refractivity contribution is 0.107. The lowest BCUT2D eigenvalue weighted by atomic mass is 10.2. The summed E-state index contributed by atoms with van der Waals surface area (Å²) in [6.07, 6.45) is 1.51. The number of hydrogen-bond donors (Lipinski definition) is 0. The predicted octanol–water partition coefficient (Wildman–Crippen LogP) is 2.47. The fourth-order valence-electron chi connectivity index (χ4n) is 1.81. The van der Waals surface area contributed by atoms with Crippen LogP contribution in [0.2, 0.25) is 0 Å². The third kappa shape index (κ3) is 1.92. The van der Waals surface area contributed by atoms with Gasteiger partial charge in [-0.2, -0.15) is 4.68 Å². The molecule has 20 heavy (non-hydrogen) atoms. The van der Waals surface area contributed by atoms with Crippen LogP contribution in [0.1, 0.15) is 10.4 Å². The highest BCUT2D eigenvalue weighted by molar-refractivity contribution is 6.67. The largest absolute Gasteiger partial charge is 0.275 e. The Bertz CT molecular complexity index is 810. The molecular weight excluding hydrogens is 290 g/mol. The minimum absolute atomic E-state index is 0.0582. The molecule has 0 fully saturated rings. The Balaban J connectivity index is 2.23. The highest BCUT2D eigenvalue weighted by Crippen LogP contribution is 2.21. The number of carbonyl (C=O) groups is 1. The summed E-state index contributed by atoms with van der Waals surface area (Å²) in [6, 6.07) is 5.22. The van der Waals surface area contributed by atoms with Gasteiger partial charge in [0, 0.05) is 18.3 Å². The van der Waals surface area contributed by atoms with Crippen LogP contribution in [-0.4, -0.2) is 25.2 Å². The van der Waals surface area contributed by atoms with E-state index in [-0.39, 0.29) is 5.69 Å². The van der Waals surface area contributed by atoms with Gasteiger partial charge in [0.2, 0.25) is 0 Å². The van der Waals surface area contributed by atoms with E-state index in [1.54, 1.807) is 12.1 Å². The molecule has 100 valence electrons. The molecule has 3 aromatic rings. The van der Waals surface area contributed by atoms with Crippen molar-refractivity contribution in [1.29, 1.82) is 0 Å². The molecule has 0 saturated carbocycles. The van der Waals surface area contributed by atoms with E-state index in [9.17, 15) is 13.6 Å². The van der Waals surface area contributed by atoms with E-state index in [1.807, 2.05) is 0 Å². The Morgan fingerprint density at radius 3 is 2.60 bits per heavy atom. The molecule has 0 atom stereocenters. The summed E-state index contributed by atoms with van der Waals surface area (Å²) in [5.74, 6) is -2.14. The maximum Gasteiger partial charge on any atom is 0.258 e. The average Bonchev–Trinajstić information content (AvgIpc) is 2.81. The van der Waals surface area contributed by atoms with Crippen molar-refractivity contribution < 1.29 is 13.6 Å². The van der Waals surface area contributed by atoms with Crippen molar-refractivity contribution in [3.05, 3.63) is 47.7 Å². The number of fused-ring (bicyclic) bond motifs is 1. The molecule has 0 radical (unpaired) electrons. The Morgan fingerprint density at radius 1 is 1.25 bits per heavy atom. The number of hydrogen-bond acceptors (Lipinski definition) is 4. The molecule has 0 spiro atoms. The molecular formula is C12H5ClF2N4O. The highest BCUT2D eigenvalue weighted by atomic mass is 35.5. The zero-order valence-corrected chi connectivity index (χ0v) is 10.5. The zero-order valence-electron chi connectivity index (χ0n) is 9.72. The van der Waals surface area contributed by atoms with Crippen molar-refractivity contribution in [1.82, 2.24) is 20.0 Å². The number of benzene rings is 1. The fourth-order valence-corrected chi connectivity index (χ4v) is 1.99. The van der Waals surface area contributed by atoms with Gasteiger partial charge < -0.3 is 0 Å². The SMILES string of the molecule is O=C(Cl)c1c(F)cc(-n2nnc3cccnc32)cc1F. The Hall–Kier alpha value is -2.41. The van der Waals surface area contributed by atoms with Crippen molar-refractivity contribution in [2.75, 3.05) is 0 Å². The van der Waals surface area contributed by atoms with E-state index >= 15 is 0 Å². The quantitative estimate of drug-likeness (QED) is 0.681. The highest BCUT2D eigenvalue weighted by Gasteiger charge is 2.18. The average molecular weight is 295 g/mol. The molecule has 2 aromatic heterocycles. The van der Waals surface area contributed by atoms with Crippen LogP contribution in [0, 0.1) is 11.6 Å². The first-order valence-electron chi connectivity index (χ1n) is 5.43. The molecule has 0 saturated heterocycles. The molecule has 1 aromatic carbocycles. The molecule has 8 heteroatoms. The van der Waals surface area contributed by atoms with Crippen LogP contribution in [0.15, 0.2) is 30.5 Å². The summed E-state index contributed by atoms with van der Waals surface area (Å²) in [4.78, 5) is 15.0. The summed E-state index contributed by atoms with van der Waals surface area (Å²) >= 11 is 5.12. The first kappa shape index (κ1) is 12.6. The second-order valence-corrected chi connectivity index (χ2v) is 4.25. The van der Waals surface area contributed by atoms with E-state index < -0.39 is 22.4 Å². The summed E-state index contributed by atoms with van der Waals surface area (Å²) in [5.41, 5.74) is 0.0812. The van der Waals surface area contributed by atoms with E-state index in [1.165, 1.54) is 10.9 Å². The molecule has 0 aliphatic heterocycles. The second kappa shape index (κ2) is 4.61. The van der Waals surface area contributed by atoms with Crippen molar-refractivity contribution in [3.63, 3.8) is 0 Å². The van der Waals surface area contributed by atoms with Crippen molar-refractivity contribution in [2.45, 2.75) is 0 Å². The molecule has 0 N–H and O–H groups in total. The maximum atomic E-state index is 13.7. The Labute approximate surface area is 115 Å². The van der Waals surface area contributed by atoms with Crippen LogP contribution < -0.4 is 0 Å². The first-order chi connectivity index (χ1) is 9.58. The molecule has 0 unspecified atom stereocenters. The van der Waals surface area contributed by atoms with Gasteiger partial charge in [0.1, 0.15) is 22.7 Å². The van der Waals surface area contributed by atoms with Crippen molar-refractivity contribution >= 4 is 28.0 Å². The number of halogens is 3. The molecule has 0 aliphatic carbocycles. The van der Waals surface area contributed by atoms with Crippen LogP contribution in [0.25, 0.3) is 16.9 Å². The minimum Gasteiger partial charge on any atom is -0.275 e. The number of nitrogens with zero attached hydrogens (tertiary/aromatic N) is 4. The lowest BCUT2D eigenvalue weighted by Crippen LogP contribution is -2.05. The summed E-state index contributed by atoms with van der Waals surface area (Å²) in [5, 5.41) is 6.40. The Kier molecular flexibility index (Phi) is 2.90. The topological polar surface area (TPSA) is 60.7 Å². The van der Waals surface area contributed by atoms with Crippen LogP contribution in [0.4, 0.5) is 8.78 Å². The minimum atomic E-state index is -1.20. The molecule has 2 heterocycles. The van der Waals surface area contributed by atoms with Crippen LogP contribution in [0.3, 0.4) is 0 Å². The Morgan fingerprint density at radius 2 is 1.95 bits per heavy atom. The molecule has 0 amide bonds. The maximum absolute atomic E-state index is 13.7. The number of rotatable bonds is 2. The van der Waals surface area contributed by atoms with Gasteiger partial charge in [-0.05, 0) is 23.7 Å². The van der Waals surface area contributed by atoms with Crippen LogP contribution in [-0.2, 0) is 0 Å². The van der Waals surface area contributed by atoms with Gasteiger partial charge in [-0.25, -0.2) is 13.8 Å². The van der Waals surface area contributed by atoms with Crippen molar-refractivity contribution in [3.8, 4) is 5.69 Å². The van der Waals surface area contributed by atoms with Crippen LogP contribution in [0.5, 0.6) is 0 Å². The number of carbonyl (C=O) groups excluding carboxylic acids is 1.